The molecule has 0 saturated carbocycles. The van der Waals surface area contributed by atoms with Crippen LogP contribution >= 0.6 is 0 Å². The lowest BCUT2D eigenvalue weighted by molar-refractivity contribution is 0.0769. The van der Waals surface area contributed by atoms with Gasteiger partial charge in [0, 0.05) is 13.1 Å². The molecule has 1 N–H and O–H groups in total. The highest BCUT2D eigenvalue weighted by Crippen LogP contribution is 2.21. The quantitative estimate of drug-likeness (QED) is 0.852. The molecule has 2 rings (SSSR count). The van der Waals surface area contributed by atoms with Gasteiger partial charge in [-0.2, -0.15) is 0 Å². The van der Waals surface area contributed by atoms with Crippen LogP contribution in [0.2, 0.25) is 0 Å². The van der Waals surface area contributed by atoms with Gasteiger partial charge < -0.3 is 4.90 Å². The highest BCUT2D eigenvalue weighted by Gasteiger charge is 2.25. The first-order valence-corrected chi connectivity index (χ1v) is 10.9. The number of carbonyl (C=O) groups is 1. The van der Waals surface area contributed by atoms with Crippen LogP contribution in [0.3, 0.4) is 0 Å². The molecule has 0 radical (unpaired) electrons. The topological polar surface area (TPSA) is 101 Å². The smallest absolute Gasteiger partial charge is 0.256 e. The van der Waals surface area contributed by atoms with Crippen LogP contribution in [0.1, 0.15) is 22.3 Å². The lowest BCUT2D eigenvalue weighted by atomic mass is 10.1. The lowest BCUT2D eigenvalue weighted by Gasteiger charge is -2.21. The van der Waals surface area contributed by atoms with Gasteiger partial charge in [-0.05, 0) is 25.5 Å². The van der Waals surface area contributed by atoms with Crippen LogP contribution < -0.4 is 4.72 Å². The third-order valence-electron chi connectivity index (χ3n) is 3.54. The van der Waals surface area contributed by atoms with Gasteiger partial charge in [-0.15, -0.1) is 0 Å². The SMILES string of the molecule is Cc1ccc(NS(C)(=O)=O)c(C(=O)N2CCCS(=O)(=O)CC2)c1. The van der Waals surface area contributed by atoms with Gasteiger partial charge >= 0.3 is 0 Å². The Morgan fingerprint density at radius 1 is 1.22 bits per heavy atom. The summed E-state index contributed by atoms with van der Waals surface area (Å²) in [6, 6.07) is 4.85. The van der Waals surface area contributed by atoms with Gasteiger partial charge in [0.15, 0.2) is 9.84 Å². The van der Waals surface area contributed by atoms with Crippen molar-refractivity contribution >= 4 is 31.5 Å². The fraction of sp³-hybridized carbons (Fsp3) is 0.500. The molecule has 0 aromatic heterocycles. The molecule has 0 unspecified atom stereocenters. The second kappa shape index (κ2) is 6.48. The normalized spacial score (nSPS) is 18.3. The van der Waals surface area contributed by atoms with E-state index in [2.05, 4.69) is 4.72 Å². The van der Waals surface area contributed by atoms with Gasteiger partial charge in [-0.25, -0.2) is 16.8 Å². The molecule has 0 bridgehead atoms. The summed E-state index contributed by atoms with van der Waals surface area (Å²) in [5.41, 5.74) is 1.25. The summed E-state index contributed by atoms with van der Waals surface area (Å²) in [6.45, 7) is 2.26. The summed E-state index contributed by atoms with van der Waals surface area (Å²) in [4.78, 5) is 14.2. The fourth-order valence-electron chi connectivity index (χ4n) is 2.44. The van der Waals surface area contributed by atoms with Crippen molar-refractivity contribution in [1.29, 1.82) is 0 Å². The van der Waals surface area contributed by atoms with Gasteiger partial charge in [0.05, 0.1) is 29.0 Å². The molecular weight excluding hydrogens is 340 g/mol. The van der Waals surface area contributed by atoms with Crippen LogP contribution in [0.25, 0.3) is 0 Å². The molecule has 7 nitrogen and oxygen atoms in total. The minimum atomic E-state index is -3.52. The Bertz CT molecular complexity index is 816. The number of anilines is 1. The van der Waals surface area contributed by atoms with E-state index in [0.717, 1.165) is 11.8 Å². The van der Waals surface area contributed by atoms with Gasteiger partial charge in [0.2, 0.25) is 10.0 Å². The summed E-state index contributed by atoms with van der Waals surface area (Å²) in [6.07, 6.45) is 1.40. The van der Waals surface area contributed by atoms with Crippen molar-refractivity contribution < 1.29 is 21.6 Å². The largest absolute Gasteiger partial charge is 0.338 e. The zero-order chi connectivity index (χ0) is 17.3. The lowest BCUT2D eigenvalue weighted by Crippen LogP contribution is -2.34. The Morgan fingerprint density at radius 2 is 1.91 bits per heavy atom. The number of hydrogen-bond acceptors (Lipinski definition) is 5. The first kappa shape index (κ1) is 17.7. The predicted molar refractivity (Wildman–Crippen MR) is 88.8 cm³/mol. The first-order chi connectivity index (χ1) is 10.6. The van der Waals surface area contributed by atoms with Crippen LogP contribution in [-0.2, 0) is 19.9 Å². The van der Waals surface area contributed by atoms with Crippen molar-refractivity contribution in [1.82, 2.24) is 4.90 Å². The molecule has 9 heteroatoms. The molecule has 0 aliphatic carbocycles. The summed E-state index contributed by atoms with van der Waals surface area (Å²) >= 11 is 0. The molecule has 1 aromatic carbocycles. The number of nitrogens with zero attached hydrogens (tertiary/aromatic N) is 1. The zero-order valence-electron chi connectivity index (χ0n) is 13.1. The third-order valence-corrected chi connectivity index (χ3v) is 5.85. The van der Waals surface area contributed by atoms with E-state index in [4.69, 9.17) is 0 Å². The van der Waals surface area contributed by atoms with Gasteiger partial charge in [0.1, 0.15) is 0 Å². The minimum Gasteiger partial charge on any atom is -0.338 e. The maximum absolute atomic E-state index is 12.7. The molecule has 1 aliphatic rings. The first-order valence-electron chi connectivity index (χ1n) is 7.15. The molecule has 1 aromatic rings. The zero-order valence-corrected chi connectivity index (χ0v) is 14.7. The molecule has 1 saturated heterocycles. The number of carbonyl (C=O) groups excluding carboxylic acids is 1. The number of aryl methyl sites for hydroxylation is 1. The maximum atomic E-state index is 12.7. The Labute approximate surface area is 136 Å². The summed E-state index contributed by atoms with van der Waals surface area (Å²) in [5, 5.41) is 0. The van der Waals surface area contributed by atoms with E-state index in [0.29, 0.717) is 13.0 Å². The standard InChI is InChI=1S/C14H20N2O5S2/c1-11-4-5-13(15-22(2,18)19)12(10-11)14(17)16-6-3-8-23(20,21)9-7-16/h4-5,10,15H,3,6-9H2,1-2H3. The van der Waals surface area contributed by atoms with Crippen molar-refractivity contribution in [2.45, 2.75) is 13.3 Å². The highest BCUT2D eigenvalue weighted by atomic mass is 32.2. The van der Waals surface area contributed by atoms with Crippen molar-refractivity contribution in [2.75, 3.05) is 35.6 Å². The number of benzene rings is 1. The number of rotatable bonds is 3. The van der Waals surface area contributed by atoms with E-state index in [-0.39, 0.29) is 35.2 Å². The Balaban J connectivity index is 2.33. The van der Waals surface area contributed by atoms with Crippen LogP contribution in [0, 0.1) is 6.92 Å². The van der Waals surface area contributed by atoms with Crippen LogP contribution in [0.4, 0.5) is 5.69 Å². The van der Waals surface area contributed by atoms with E-state index in [1.165, 1.54) is 11.0 Å². The number of amides is 1. The number of nitrogens with one attached hydrogen (secondary N) is 1. The van der Waals surface area contributed by atoms with Gasteiger partial charge in [0.25, 0.3) is 5.91 Å². The Hall–Kier alpha value is -1.61. The van der Waals surface area contributed by atoms with E-state index >= 15 is 0 Å². The van der Waals surface area contributed by atoms with E-state index in [1.54, 1.807) is 19.1 Å². The fourth-order valence-corrected chi connectivity index (χ4v) is 4.28. The highest BCUT2D eigenvalue weighted by molar-refractivity contribution is 7.92. The van der Waals surface area contributed by atoms with E-state index in [1.807, 2.05) is 0 Å². The Kier molecular flexibility index (Phi) is 5.00. The Morgan fingerprint density at radius 3 is 2.57 bits per heavy atom. The number of sulfone groups is 1. The summed E-state index contributed by atoms with van der Waals surface area (Å²) in [5.74, 6) is -0.365. The van der Waals surface area contributed by atoms with Crippen LogP contribution in [0.5, 0.6) is 0 Å². The minimum absolute atomic E-state index is 0.0685. The van der Waals surface area contributed by atoms with Crippen molar-refractivity contribution in [3.63, 3.8) is 0 Å². The predicted octanol–water partition coefficient (Wildman–Crippen LogP) is 0.627. The molecule has 1 heterocycles. The molecule has 0 spiro atoms. The average Bonchev–Trinajstić information content (AvgIpc) is 2.59. The monoisotopic (exact) mass is 360 g/mol. The number of sulfonamides is 1. The molecular formula is C14H20N2O5S2. The molecule has 23 heavy (non-hydrogen) atoms. The second-order valence-electron chi connectivity index (χ2n) is 5.72. The summed E-state index contributed by atoms with van der Waals surface area (Å²) in [7, 11) is -6.64. The number of hydrogen-bond donors (Lipinski definition) is 1. The molecule has 1 aliphatic heterocycles. The van der Waals surface area contributed by atoms with Gasteiger partial charge in [-0.3, -0.25) is 9.52 Å². The van der Waals surface area contributed by atoms with Crippen molar-refractivity contribution in [2.24, 2.45) is 0 Å². The van der Waals surface area contributed by atoms with E-state index in [9.17, 15) is 21.6 Å². The van der Waals surface area contributed by atoms with E-state index < -0.39 is 19.9 Å². The van der Waals surface area contributed by atoms with Crippen molar-refractivity contribution in [3.05, 3.63) is 29.3 Å². The van der Waals surface area contributed by atoms with Crippen LogP contribution in [-0.4, -0.2) is 58.5 Å². The molecule has 1 fully saturated rings. The third kappa shape index (κ3) is 4.93. The van der Waals surface area contributed by atoms with Crippen LogP contribution in [0.15, 0.2) is 18.2 Å². The summed E-state index contributed by atoms with van der Waals surface area (Å²) < 4.78 is 48.6. The molecule has 128 valence electrons. The maximum Gasteiger partial charge on any atom is 0.256 e. The van der Waals surface area contributed by atoms with Gasteiger partial charge in [-0.1, -0.05) is 11.6 Å². The second-order valence-corrected chi connectivity index (χ2v) is 9.77. The average molecular weight is 360 g/mol. The molecule has 1 amide bonds. The molecule has 0 atom stereocenters. The van der Waals surface area contributed by atoms with Crippen molar-refractivity contribution in [3.8, 4) is 0 Å².